The van der Waals surface area contributed by atoms with Crippen LogP contribution in [0.4, 0.5) is 4.79 Å². The number of aryl methyl sites for hydroxylation is 1. The number of thiazole rings is 1. The van der Waals surface area contributed by atoms with Crippen LogP contribution in [0.15, 0.2) is 5.38 Å². The summed E-state index contributed by atoms with van der Waals surface area (Å²) < 4.78 is 0. The molecular weight excluding hydrogens is 286 g/mol. The van der Waals surface area contributed by atoms with E-state index in [1.807, 2.05) is 12.3 Å². The second kappa shape index (κ2) is 5.93. The second-order valence-corrected chi connectivity index (χ2v) is 7.29. The maximum Gasteiger partial charge on any atom is 0.315 e. The molecule has 2 amide bonds. The molecule has 1 aromatic rings. The Labute approximate surface area is 129 Å². The van der Waals surface area contributed by atoms with Gasteiger partial charge >= 0.3 is 6.03 Å². The number of carbonyl (C=O) groups excluding carboxylic acids is 1. The molecule has 6 heteroatoms. The Morgan fingerprint density at radius 1 is 1.52 bits per heavy atom. The van der Waals surface area contributed by atoms with Crippen LogP contribution in [-0.4, -0.2) is 28.3 Å². The quantitative estimate of drug-likeness (QED) is 0.782. The molecule has 2 fully saturated rings. The Hall–Kier alpha value is -1.14. The molecule has 0 aromatic carbocycles. The van der Waals surface area contributed by atoms with Gasteiger partial charge in [-0.3, -0.25) is 0 Å². The largest absolute Gasteiger partial charge is 0.388 e. The number of aliphatic hydroxyl groups is 1. The lowest BCUT2D eigenvalue weighted by Crippen LogP contribution is -2.46. The lowest BCUT2D eigenvalue weighted by molar-refractivity contribution is 0.0500. The van der Waals surface area contributed by atoms with Crippen LogP contribution in [0.2, 0.25) is 0 Å². The average molecular weight is 309 g/mol. The molecule has 1 atom stereocenters. The van der Waals surface area contributed by atoms with Crippen LogP contribution in [0.25, 0.3) is 0 Å². The van der Waals surface area contributed by atoms with E-state index in [1.165, 1.54) is 0 Å². The smallest absolute Gasteiger partial charge is 0.315 e. The van der Waals surface area contributed by atoms with Gasteiger partial charge in [0.25, 0.3) is 0 Å². The first-order valence-electron chi connectivity index (χ1n) is 7.74. The number of nitrogens with one attached hydrogen (secondary N) is 2. The maximum atomic E-state index is 12.1. The molecule has 0 spiro atoms. The number of amides is 2. The van der Waals surface area contributed by atoms with E-state index in [0.29, 0.717) is 12.5 Å². The predicted molar refractivity (Wildman–Crippen MR) is 82.3 cm³/mol. The van der Waals surface area contributed by atoms with E-state index in [1.54, 1.807) is 11.3 Å². The Bertz CT molecular complexity index is 507. The molecule has 116 valence electrons. The van der Waals surface area contributed by atoms with Crippen molar-refractivity contribution in [3.8, 4) is 0 Å². The minimum absolute atomic E-state index is 0.0157. The van der Waals surface area contributed by atoms with Crippen molar-refractivity contribution in [1.29, 1.82) is 0 Å². The fourth-order valence-corrected chi connectivity index (χ4v) is 3.91. The average Bonchev–Trinajstić information content (AvgIpc) is 3.06. The zero-order chi connectivity index (χ0) is 14.9. The lowest BCUT2D eigenvalue weighted by Gasteiger charge is -2.23. The molecule has 0 saturated heterocycles. The van der Waals surface area contributed by atoms with Gasteiger partial charge in [-0.25, -0.2) is 9.78 Å². The number of urea groups is 1. The summed E-state index contributed by atoms with van der Waals surface area (Å²) in [6, 6.07) is -0.179. The number of hydrogen-bond acceptors (Lipinski definition) is 4. The summed E-state index contributed by atoms with van der Waals surface area (Å²) in [7, 11) is 0. The minimum Gasteiger partial charge on any atom is -0.388 e. The Morgan fingerprint density at radius 2 is 2.24 bits per heavy atom. The maximum absolute atomic E-state index is 12.1. The standard InChI is InChI=1S/C15H23N3O2S/c1-10-8-21-13(17-10)12(11-4-5-11)18-14(19)16-9-15(20)6-2-3-7-15/h8,11-12,20H,2-7,9H2,1H3,(H2,16,18,19). The van der Waals surface area contributed by atoms with Crippen molar-refractivity contribution in [2.45, 2.75) is 57.1 Å². The van der Waals surface area contributed by atoms with Crippen molar-refractivity contribution in [2.24, 2.45) is 5.92 Å². The van der Waals surface area contributed by atoms with Gasteiger partial charge in [-0.05, 0) is 38.5 Å². The van der Waals surface area contributed by atoms with Gasteiger partial charge in [-0.15, -0.1) is 11.3 Å². The fourth-order valence-electron chi connectivity index (χ4n) is 2.97. The van der Waals surface area contributed by atoms with Gasteiger partial charge in [0.05, 0.1) is 11.6 Å². The van der Waals surface area contributed by atoms with Gasteiger partial charge in [0.2, 0.25) is 0 Å². The number of rotatable bonds is 5. The van der Waals surface area contributed by atoms with Crippen LogP contribution in [0, 0.1) is 12.8 Å². The van der Waals surface area contributed by atoms with Crippen LogP contribution >= 0.6 is 11.3 Å². The van der Waals surface area contributed by atoms with E-state index in [0.717, 1.165) is 49.2 Å². The molecule has 21 heavy (non-hydrogen) atoms. The Morgan fingerprint density at radius 3 is 2.81 bits per heavy atom. The van der Waals surface area contributed by atoms with Gasteiger partial charge in [0.1, 0.15) is 5.01 Å². The predicted octanol–water partition coefficient (Wildman–Crippen LogP) is 2.51. The summed E-state index contributed by atoms with van der Waals surface area (Å²) in [6.45, 7) is 2.31. The number of aromatic nitrogens is 1. The summed E-state index contributed by atoms with van der Waals surface area (Å²) in [6.07, 6.45) is 5.95. The van der Waals surface area contributed by atoms with Gasteiger partial charge in [0.15, 0.2) is 0 Å². The summed E-state index contributed by atoms with van der Waals surface area (Å²) >= 11 is 1.61. The lowest BCUT2D eigenvalue weighted by atomic mass is 10.0. The highest BCUT2D eigenvalue weighted by molar-refractivity contribution is 7.09. The van der Waals surface area contributed by atoms with E-state index in [9.17, 15) is 9.90 Å². The first-order valence-corrected chi connectivity index (χ1v) is 8.62. The molecule has 0 bridgehead atoms. The molecule has 0 radical (unpaired) electrons. The molecule has 0 aliphatic heterocycles. The third kappa shape index (κ3) is 3.74. The number of hydrogen-bond donors (Lipinski definition) is 3. The van der Waals surface area contributed by atoms with E-state index in [-0.39, 0.29) is 12.1 Å². The van der Waals surface area contributed by atoms with Gasteiger partial charge in [-0.1, -0.05) is 12.8 Å². The molecule has 2 aliphatic rings. The van der Waals surface area contributed by atoms with Gasteiger partial charge < -0.3 is 15.7 Å². The first kappa shape index (κ1) is 14.8. The molecular formula is C15H23N3O2S. The first-order chi connectivity index (χ1) is 10.1. The van der Waals surface area contributed by atoms with E-state index < -0.39 is 5.60 Å². The van der Waals surface area contributed by atoms with Crippen LogP contribution in [0.3, 0.4) is 0 Å². The van der Waals surface area contributed by atoms with Crippen molar-refractivity contribution in [3.05, 3.63) is 16.1 Å². The van der Waals surface area contributed by atoms with Crippen molar-refractivity contribution >= 4 is 17.4 Å². The van der Waals surface area contributed by atoms with E-state index in [2.05, 4.69) is 15.6 Å². The number of carbonyl (C=O) groups is 1. The summed E-state index contributed by atoms with van der Waals surface area (Å²) in [5, 5.41) is 19.1. The molecule has 3 rings (SSSR count). The van der Waals surface area contributed by atoms with Crippen LogP contribution in [-0.2, 0) is 0 Å². The third-order valence-corrected chi connectivity index (χ3v) is 5.44. The Balaban J connectivity index is 1.54. The van der Waals surface area contributed by atoms with E-state index in [4.69, 9.17) is 0 Å². The highest BCUT2D eigenvalue weighted by Crippen LogP contribution is 2.41. The minimum atomic E-state index is -0.704. The summed E-state index contributed by atoms with van der Waals surface area (Å²) in [4.78, 5) is 16.6. The second-order valence-electron chi connectivity index (χ2n) is 6.40. The zero-order valence-corrected chi connectivity index (χ0v) is 13.2. The Kier molecular flexibility index (Phi) is 4.17. The van der Waals surface area contributed by atoms with Crippen molar-refractivity contribution in [2.75, 3.05) is 6.54 Å². The normalized spacial score (nSPS) is 22.0. The topological polar surface area (TPSA) is 74.2 Å². The summed E-state index contributed by atoms with van der Waals surface area (Å²) in [5.41, 5.74) is 0.299. The van der Waals surface area contributed by atoms with Crippen LogP contribution in [0.5, 0.6) is 0 Å². The van der Waals surface area contributed by atoms with Gasteiger partial charge in [-0.2, -0.15) is 0 Å². The molecule has 2 aliphatic carbocycles. The highest BCUT2D eigenvalue weighted by Gasteiger charge is 2.36. The molecule has 1 heterocycles. The van der Waals surface area contributed by atoms with Gasteiger partial charge in [0, 0.05) is 17.6 Å². The van der Waals surface area contributed by atoms with Crippen LogP contribution in [0.1, 0.15) is 55.3 Å². The van der Waals surface area contributed by atoms with Crippen molar-refractivity contribution < 1.29 is 9.90 Å². The molecule has 3 N–H and O–H groups in total. The monoisotopic (exact) mass is 309 g/mol. The van der Waals surface area contributed by atoms with Crippen molar-refractivity contribution in [1.82, 2.24) is 15.6 Å². The molecule has 1 unspecified atom stereocenters. The molecule has 2 saturated carbocycles. The zero-order valence-electron chi connectivity index (χ0n) is 12.4. The third-order valence-electron chi connectivity index (χ3n) is 4.40. The van der Waals surface area contributed by atoms with Crippen LogP contribution < -0.4 is 10.6 Å². The molecule has 1 aromatic heterocycles. The molecule has 5 nitrogen and oxygen atoms in total. The van der Waals surface area contributed by atoms with E-state index >= 15 is 0 Å². The van der Waals surface area contributed by atoms with Crippen molar-refractivity contribution in [3.63, 3.8) is 0 Å². The fraction of sp³-hybridized carbons (Fsp3) is 0.733. The number of nitrogens with zero attached hydrogens (tertiary/aromatic N) is 1. The SMILES string of the molecule is Cc1csc(C(NC(=O)NCC2(O)CCCC2)C2CC2)n1. The highest BCUT2D eigenvalue weighted by atomic mass is 32.1. The summed E-state index contributed by atoms with van der Waals surface area (Å²) in [5.74, 6) is 0.510.